The topological polar surface area (TPSA) is 92.2 Å². The Balaban J connectivity index is 2.58. The predicted molar refractivity (Wildman–Crippen MR) is 84.4 cm³/mol. The smallest absolute Gasteiger partial charge is 0.216 e. The molecule has 1 heterocycles. The molecule has 2 rings (SSSR count). The third-order valence-corrected chi connectivity index (χ3v) is 3.32. The van der Waals surface area contributed by atoms with Crippen LogP contribution in [0.4, 0.5) is 5.82 Å². The van der Waals surface area contributed by atoms with Gasteiger partial charge in [0.2, 0.25) is 5.70 Å². The summed E-state index contributed by atoms with van der Waals surface area (Å²) in [5.74, 6) is 0.125. The van der Waals surface area contributed by atoms with Crippen LogP contribution in [0.3, 0.4) is 0 Å². The Labute approximate surface area is 132 Å². The minimum atomic E-state index is -0.169. The number of nitrogen functional groups attached to an aromatic ring is 1. The molecule has 2 aromatic rings. The van der Waals surface area contributed by atoms with Gasteiger partial charge in [-0.1, -0.05) is 29.8 Å². The highest BCUT2D eigenvalue weighted by atomic mass is 35.5. The van der Waals surface area contributed by atoms with Crippen molar-refractivity contribution in [2.24, 2.45) is 0 Å². The van der Waals surface area contributed by atoms with E-state index in [9.17, 15) is 5.26 Å². The highest BCUT2D eigenvalue weighted by molar-refractivity contribution is 6.32. The molecule has 0 aliphatic rings. The Morgan fingerprint density at radius 1 is 1.55 bits per heavy atom. The largest absolute Gasteiger partial charge is 0.394 e. The molecule has 0 bridgehead atoms. The summed E-state index contributed by atoms with van der Waals surface area (Å²) >= 11 is 6.08. The van der Waals surface area contributed by atoms with Crippen LogP contribution in [0.1, 0.15) is 16.8 Å². The van der Waals surface area contributed by atoms with E-state index in [2.05, 4.69) is 9.94 Å². The first-order valence-corrected chi connectivity index (χ1v) is 6.71. The van der Waals surface area contributed by atoms with Crippen LogP contribution in [0.2, 0.25) is 5.02 Å². The molecule has 3 N–H and O–H groups in total. The van der Waals surface area contributed by atoms with E-state index in [0.29, 0.717) is 10.6 Å². The number of rotatable bonds is 4. The van der Waals surface area contributed by atoms with Crippen LogP contribution in [0.5, 0.6) is 0 Å². The van der Waals surface area contributed by atoms with Crippen LogP contribution in [-0.2, 0) is 6.54 Å². The molecule has 1 aromatic heterocycles. The van der Waals surface area contributed by atoms with Crippen molar-refractivity contribution in [3.63, 3.8) is 0 Å². The molecular formula is C15H12ClN5O. The van der Waals surface area contributed by atoms with Crippen LogP contribution in [0, 0.1) is 17.9 Å². The number of nitriles is 1. The van der Waals surface area contributed by atoms with E-state index in [4.69, 9.17) is 29.0 Å². The van der Waals surface area contributed by atoms with Crippen molar-refractivity contribution in [2.75, 3.05) is 12.3 Å². The number of aliphatic hydroxyl groups is 1. The Hall–Kier alpha value is -2.80. The molecule has 1 aromatic carbocycles. The maximum absolute atomic E-state index is 9.24. The average Bonchev–Trinajstić information content (AvgIpc) is 2.83. The normalized spacial score (nSPS) is 11.0. The number of hydrogen-bond acceptors (Lipinski definition) is 4. The maximum Gasteiger partial charge on any atom is 0.216 e. The van der Waals surface area contributed by atoms with Gasteiger partial charge >= 0.3 is 0 Å². The first-order valence-electron chi connectivity index (χ1n) is 6.33. The Kier molecular flexibility index (Phi) is 4.80. The summed E-state index contributed by atoms with van der Waals surface area (Å²) < 4.78 is 1.31. The van der Waals surface area contributed by atoms with Gasteiger partial charge in [-0.25, -0.2) is 9.53 Å². The molecule has 0 unspecified atom stereocenters. The SMILES string of the molecule is [C-]#[N+]C(=Cc1ccccc1Cl)c1nn(CCO)c(N)c1C#N. The zero-order valence-corrected chi connectivity index (χ0v) is 12.2. The molecule has 22 heavy (non-hydrogen) atoms. The first kappa shape index (κ1) is 15.6. The second kappa shape index (κ2) is 6.77. The van der Waals surface area contributed by atoms with E-state index in [1.165, 1.54) is 4.68 Å². The van der Waals surface area contributed by atoms with Gasteiger partial charge in [0.15, 0.2) is 0 Å². The number of hydrogen-bond donors (Lipinski definition) is 2. The van der Waals surface area contributed by atoms with Crippen molar-refractivity contribution in [3.8, 4) is 6.07 Å². The predicted octanol–water partition coefficient (Wildman–Crippen LogP) is 2.40. The van der Waals surface area contributed by atoms with Crippen LogP contribution in [0.15, 0.2) is 24.3 Å². The number of aliphatic hydroxyl groups excluding tert-OH is 1. The van der Waals surface area contributed by atoms with E-state index in [-0.39, 0.29) is 35.9 Å². The summed E-state index contributed by atoms with van der Waals surface area (Å²) in [6.07, 6.45) is 1.56. The van der Waals surface area contributed by atoms with Crippen molar-refractivity contribution in [2.45, 2.75) is 6.54 Å². The third-order valence-electron chi connectivity index (χ3n) is 2.98. The molecule has 0 amide bonds. The summed E-state index contributed by atoms with van der Waals surface area (Å²) in [6, 6.07) is 8.99. The van der Waals surface area contributed by atoms with Crippen LogP contribution in [-0.4, -0.2) is 21.5 Å². The van der Waals surface area contributed by atoms with Crippen molar-refractivity contribution in [3.05, 3.63) is 57.5 Å². The van der Waals surface area contributed by atoms with Gasteiger partial charge in [-0.3, -0.25) is 0 Å². The fourth-order valence-electron chi connectivity index (χ4n) is 1.92. The average molecular weight is 314 g/mol. The van der Waals surface area contributed by atoms with Gasteiger partial charge in [0, 0.05) is 5.02 Å². The van der Waals surface area contributed by atoms with Crippen LogP contribution in [0.25, 0.3) is 16.6 Å². The molecule has 110 valence electrons. The number of nitrogens with two attached hydrogens (primary N) is 1. The van der Waals surface area contributed by atoms with E-state index in [1.807, 2.05) is 6.07 Å². The van der Waals surface area contributed by atoms with E-state index in [0.717, 1.165) is 0 Å². The molecule has 0 fully saturated rings. The van der Waals surface area contributed by atoms with Crippen LogP contribution >= 0.6 is 11.6 Å². The minimum absolute atomic E-state index is 0.114. The molecule has 7 heteroatoms. The lowest BCUT2D eigenvalue weighted by molar-refractivity contribution is 0.270. The Morgan fingerprint density at radius 3 is 2.86 bits per heavy atom. The summed E-state index contributed by atoms with van der Waals surface area (Å²) in [6.45, 7) is 7.32. The molecule has 0 aliphatic heterocycles. The van der Waals surface area contributed by atoms with Crippen LogP contribution < -0.4 is 5.73 Å². The molecule has 6 nitrogen and oxygen atoms in total. The van der Waals surface area contributed by atoms with E-state index in [1.54, 1.807) is 30.3 Å². The highest BCUT2D eigenvalue weighted by Crippen LogP contribution is 2.27. The molecule has 0 saturated carbocycles. The quantitative estimate of drug-likeness (QED) is 0.848. The standard InChI is InChI=1S/C15H12ClN5O/c1-19-13(8-10-4-2-3-5-12(10)16)14-11(9-17)15(18)21(20-14)6-7-22/h2-5,8,22H,6-7,18H2. The number of benzene rings is 1. The van der Waals surface area contributed by atoms with E-state index < -0.39 is 0 Å². The summed E-state index contributed by atoms with van der Waals surface area (Å²) in [5.41, 5.74) is 6.93. The van der Waals surface area contributed by atoms with Gasteiger partial charge in [0.1, 0.15) is 23.1 Å². The number of anilines is 1. The zero-order valence-electron chi connectivity index (χ0n) is 11.5. The third kappa shape index (κ3) is 2.94. The molecular weight excluding hydrogens is 302 g/mol. The molecule has 0 radical (unpaired) electrons. The van der Waals surface area contributed by atoms with Gasteiger partial charge in [-0.05, 0) is 17.7 Å². The molecule has 0 atom stereocenters. The van der Waals surface area contributed by atoms with Crippen molar-refractivity contribution < 1.29 is 5.11 Å². The summed E-state index contributed by atoms with van der Waals surface area (Å²) in [4.78, 5) is 3.43. The zero-order chi connectivity index (χ0) is 16.1. The van der Waals surface area contributed by atoms with Crippen molar-refractivity contribution in [1.82, 2.24) is 9.78 Å². The second-order valence-electron chi connectivity index (χ2n) is 4.33. The number of aromatic nitrogens is 2. The van der Waals surface area contributed by atoms with E-state index >= 15 is 0 Å². The fourth-order valence-corrected chi connectivity index (χ4v) is 2.11. The summed E-state index contributed by atoms with van der Waals surface area (Å²) in [7, 11) is 0. The molecule has 0 saturated heterocycles. The van der Waals surface area contributed by atoms with Gasteiger partial charge in [0.05, 0.1) is 19.7 Å². The van der Waals surface area contributed by atoms with Gasteiger partial charge in [-0.2, -0.15) is 10.4 Å². The Bertz CT molecular complexity index is 810. The lowest BCUT2D eigenvalue weighted by Crippen LogP contribution is -2.07. The van der Waals surface area contributed by atoms with Gasteiger partial charge in [0.25, 0.3) is 0 Å². The first-order chi connectivity index (χ1) is 10.6. The Morgan fingerprint density at radius 2 is 2.27 bits per heavy atom. The number of halogens is 1. The number of nitrogens with zero attached hydrogens (tertiary/aromatic N) is 4. The maximum atomic E-state index is 9.24. The lowest BCUT2D eigenvalue weighted by atomic mass is 10.1. The highest BCUT2D eigenvalue weighted by Gasteiger charge is 2.19. The van der Waals surface area contributed by atoms with Crippen molar-refractivity contribution >= 4 is 29.2 Å². The lowest BCUT2D eigenvalue weighted by Gasteiger charge is -1.99. The van der Waals surface area contributed by atoms with Crippen molar-refractivity contribution in [1.29, 1.82) is 5.26 Å². The molecule has 0 spiro atoms. The second-order valence-corrected chi connectivity index (χ2v) is 4.74. The fraction of sp³-hybridized carbons (Fsp3) is 0.133. The van der Waals surface area contributed by atoms with Gasteiger partial charge in [-0.15, -0.1) is 0 Å². The minimum Gasteiger partial charge on any atom is -0.394 e. The van der Waals surface area contributed by atoms with Gasteiger partial charge < -0.3 is 10.8 Å². The molecule has 0 aliphatic carbocycles. The summed E-state index contributed by atoms with van der Waals surface area (Å²) in [5, 5.41) is 22.9. The monoisotopic (exact) mass is 313 g/mol.